The van der Waals surface area contributed by atoms with Crippen LogP contribution in [0.25, 0.3) is 0 Å². The standard InChI is InChI=1S/C26H27F3N2O7/c1-2-35-25(34)18-9-7-17(8-10-18)23(32)30-31(14-16-6-11-21-22(12-16)37-15-36-21)24(33)19-4-3-5-20(13-19)38-26(27,28)29/h3-6,11-13,17-18H,2,7-10,14-15H2,1H3,(H,30,32)/t17-,18-. The zero-order valence-electron chi connectivity index (χ0n) is 20.6. The van der Waals surface area contributed by atoms with Gasteiger partial charge < -0.3 is 18.9 Å². The fraction of sp³-hybridized carbons (Fsp3) is 0.423. The minimum Gasteiger partial charge on any atom is -0.466 e. The van der Waals surface area contributed by atoms with E-state index in [0.717, 1.165) is 17.1 Å². The SMILES string of the molecule is CCOC(=O)[C@H]1CC[C@H](C(=O)NN(Cc2ccc3c(c2)OCO3)C(=O)c2cccc(OC(F)(F)F)c2)CC1. The third-order valence-electron chi connectivity index (χ3n) is 6.30. The third-order valence-corrected chi connectivity index (χ3v) is 6.30. The number of nitrogens with one attached hydrogen (secondary N) is 1. The van der Waals surface area contributed by atoms with E-state index in [1.807, 2.05) is 0 Å². The molecular weight excluding hydrogens is 509 g/mol. The lowest BCUT2D eigenvalue weighted by molar-refractivity contribution is -0.274. The van der Waals surface area contributed by atoms with Crippen molar-refractivity contribution < 1.29 is 46.5 Å². The summed E-state index contributed by atoms with van der Waals surface area (Å²) >= 11 is 0. The molecule has 38 heavy (non-hydrogen) atoms. The Balaban J connectivity index is 1.50. The number of fused-ring (bicyclic) bond motifs is 1. The molecule has 0 aromatic heterocycles. The highest BCUT2D eigenvalue weighted by Crippen LogP contribution is 2.33. The summed E-state index contributed by atoms with van der Waals surface area (Å²) in [5.74, 6) is -1.73. The van der Waals surface area contributed by atoms with Crippen LogP contribution < -0.4 is 19.6 Å². The Hall–Kier alpha value is -3.96. The van der Waals surface area contributed by atoms with E-state index in [0.29, 0.717) is 42.7 Å². The number of hydrogen-bond donors (Lipinski definition) is 1. The van der Waals surface area contributed by atoms with Gasteiger partial charge in [-0.1, -0.05) is 12.1 Å². The fourth-order valence-corrected chi connectivity index (χ4v) is 4.44. The molecule has 204 valence electrons. The number of carbonyl (C=O) groups is 3. The number of amides is 2. The number of alkyl halides is 3. The quantitative estimate of drug-likeness (QED) is 0.414. The fourth-order valence-electron chi connectivity index (χ4n) is 4.44. The lowest BCUT2D eigenvalue weighted by Gasteiger charge is -2.30. The third kappa shape index (κ3) is 6.87. The van der Waals surface area contributed by atoms with Crippen LogP contribution >= 0.6 is 0 Å². The first kappa shape index (κ1) is 27.1. The molecule has 1 aliphatic heterocycles. The van der Waals surface area contributed by atoms with E-state index in [9.17, 15) is 27.6 Å². The zero-order valence-corrected chi connectivity index (χ0v) is 20.6. The first-order chi connectivity index (χ1) is 18.1. The van der Waals surface area contributed by atoms with Crippen molar-refractivity contribution in [2.45, 2.75) is 45.5 Å². The van der Waals surface area contributed by atoms with Gasteiger partial charge in [-0.2, -0.15) is 0 Å². The average molecular weight is 537 g/mol. The molecule has 9 nitrogen and oxygen atoms in total. The van der Waals surface area contributed by atoms with Crippen molar-refractivity contribution in [3.63, 3.8) is 0 Å². The van der Waals surface area contributed by atoms with E-state index in [2.05, 4.69) is 10.2 Å². The number of esters is 1. The van der Waals surface area contributed by atoms with Crippen LogP contribution in [-0.4, -0.2) is 42.6 Å². The van der Waals surface area contributed by atoms with E-state index in [1.165, 1.54) is 12.1 Å². The average Bonchev–Trinajstić information content (AvgIpc) is 3.35. The topological polar surface area (TPSA) is 103 Å². The van der Waals surface area contributed by atoms with Crippen LogP contribution in [0, 0.1) is 11.8 Å². The van der Waals surface area contributed by atoms with Crippen molar-refractivity contribution in [1.82, 2.24) is 10.4 Å². The molecule has 1 heterocycles. The Kier molecular flexibility index (Phi) is 8.28. The zero-order chi connectivity index (χ0) is 27.3. The Labute approximate surface area is 216 Å². The summed E-state index contributed by atoms with van der Waals surface area (Å²) in [5.41, 5.74) is 3.11. The highest BCUT2D eigenvalue weighted by atomic mass is 19.4. The molecule has 4 rings (SSSR count). The molecule has 1 saturated carbocycles. The van der Waals surface area contributed by atoms with Crippen LogP contribution in [-0.2, 0) is 20.9 Å². The van der Waals surface area contributed by atoms with Crippen molar-refractivity contribution in [2.24, 2.45) is 11.8 Å². The molecule has 2 aromatic carbocycles. The lowest BCUT2D eigenvalue weighted by Crippen LogP contribution is -2.48. The Morgan fingerprint density at radius 2 is 1.71 bits per heavy atom. The van der Waals surface area contributed by atoms with Gasteiger partial charge in [-0.25, -0.2) is 5.01 Å². The molecule has 2 amide bonds. The second-order valence-electron chi connectivity index (χ2n) is 8.93. The summed E-state index contributed by atoms with van der Waals surface area (Å²) < 4.78 is 57.8. The number of hydrazine groups is 1. The normalized spacial score (nSPS) is 18.4. The number of carbonyl (C=O) groups excluding carboxylic acids is 3. The molecule has 0 saturated heterocycles. The van der Waals surface area contributed by atoms with Gasteiger partial charge in [0.05, 0.1) is 19.1 Å². The van der Waals surface area contributed by atoms with Gasteiger partial charge in [0.25, 0.3) is 5.91 Å². The van der Waals surface area contributed by atoms with Gasteiger partial charge in [-0.15, -0.1) is 13.2 Å². The first-order valence-corrected chi connectivity index (χ1v) is 12.2. The Morgan fingerprint density at radius 1 is 1.00 bits per heavy atom. The molecule has 2 aromatic rings. The van der Waals surface area contributed by atoms with Crippen molar-refractivity contribution in [3.05, 3.63) is 53.6 Å². The van der Waals surface area contributed by atoms with Crippen molar-refractivity contribution in [1.29, 1.82) is 0 Å². The Morgan fingerprint density at radius 3 is 2.42 bits per heavy atom. The van der Waals surface area contributed by atoms with Crippen molar-refractivity contribution >= 4 is 17.8 Å². The molecule has 2 aliphatic rings. The summed E-state index contributed by atoms with van der Waals surface area (Å²) in [6.45, 7) is 1.97. The lowest BCUT2D eigenvalue weighted by atomic mass is 9.81. The molecule has 1 fully saturated rings. The van der Waals surface area contributed by atoms with Crippen LogP contribution in [0.15, 0.2) is 42.5 Å². The minimum atomic E-state index is -4.93. The van der Waals surface area contributed by atoms with Gasteiger partial charge in [0.1, 0.15) is 5.75 Å². The summed E-state index contributed by atoms with van der Waals surface area (Å²) in [5, 5.41) is 1.05. The van der Waals surface area contributed by atoms with Crippen LogP contribution in [0.5, 0.6) is 17.2 Å². The maximum atomic E-state index is 13.4. The van der Waals surface area contributed by atoms with Gasteiger partial charge >= 0.3 is 12.3 Å². The second-order valence-corrected chi connectivity index (χ2v) is 8.93. The summed E-state index contributed by atoms with van der Waals surface area (Å²) in [6.07, 6.45) is -3.12. The number of ether oxygens (including phenoxy) is 4. The highest BCUT2D eigenvalue weighted by Gasteiger charge is 2.33. The molecule has 0 spiro atoms. The number of benzene rings is 2. The summed E-state index contributed by atoms with van der Waals surface area (Å²) in [6, 6.07) is 9.62. The van der Waals surface area contributed by atoms with Crippen LogP contribution in [0.2, 0.25) is 0 Å². The molecule has 0 bridgehead atoms. The van der Waals surface area contributed by atoms with E-state index >= 15 is 0 Å². The number of rotatable bonds is 7. The Bertz CT molecular complexity index is 1180. The van der Waals surface area contributed by atoms with Crippen LogP contribution in [0.1, 0.15) is 48.5 Å². The molecule has 1 N–H and O–H groups in total. The molecular formula is C26H27F3N2O7. The smallest absolute Gasteiger partial charge is 0.466 e. The number of halogens is 3. The molecule has 0 unspecified atom stereocenters. The summed E-state index contributed by atoms with van der Waals surface area (Å²) in [4.78, 5) is 38.6. The molecule has 0 radical (unpaired) electrons. The predicted molar refractivity (Wildman–Crippen MR) is 126 cm³/mol. The molecule has 0 atom stereocenters. The van der Waals surface area contributed by atoms with Gasteiger partial charge in [0.15, 0.2) is 11.5 Å². The monoisotopic (exact) mass is 536 g/mol. The first-order valence-electron chi connectivity index (χ1n) is 12.2. The van der Waals surface area contributed by atoms with Gasteiger partial charge in [-0.3, -0.25) is 19.8 Å². The van der Waals surface area contributed by atoms with Gasteiger partial charge in [0.2, 0.25) is 12.7 Å². The van der Waals surface area contributed by atoms with Gasteiger partial charge in [-0.05, 0) is 68.5 Å². The summed E-state index contributed by atoms with van der Waals surface area (Å²) in [7, 11) is 0. The number of hydrogen-bond acceptors (Lipinski definition) is 7. The van der Waals surface area contributed by atoms with E-state index in [1.54, 1.807) is 25.1 Å². The van der Waals surface area contributed by atoms with Gasteiger partial charge in [0, 0.05) is 11.5 Å². The number of nitrogens with zero attached hydrogens (tertiary/aromatic N) is 1. The van der Waals surface area contributed by atoms with Crippen molar-refractivity contribution in [3.8, 4) is 17.2 Å². The van der Waals surface area contributed by atoms with E-state index in [4.69, 9.17) is 14.2 Å². The minimum absolute atomic E-state index is 0.0542. The largest absolute Gasteiger partial charge is 0.573 e. The van der Waals surface area contributed by atoms with Crippen molar-refractivity contribution in [2.75, 3.05) is 13.4 Å². The molecule has 12 heteroatoms. The maximum absolute atomic E-state index is 13.4. The predicted octanol–water partition coefficient (Wildman–Crippen LogP) is 4.36. The maximum Gasteiger partial charge on any atom is 0.573 e. The van der Waals surface area contributed by atoms with Crippen LogP contribution in [0.4, 0.5) is 13.2 Å². The van der Waals surface area contributed by atoms with E-state index in [-0.39, 0.29) is 37.4 Å². The van der Waals surface area contributed by atoms with Crippen LogP contribution in [0.3, 0.4) is 0 Å². The highest BCUT2D eigenvalue weighted by molar-refractivity contribution is 5.96. The second kappa shape index (κ2) is 11.6. The van der Waals surface area contributed by atoms with E-state index < -0.39 is 29.8 Å². The molecule has 1 aliphatic carbocycles.